The number of carbonyl (C=O) groups excluding carboxylic acids is 1. The van der Waals surface area contributed by atoms with Crippen molar-refractivity contribution in [2.45, 2.75) is 37.8 Å². The Morgan fingerprint density at radius 3 is 2.59 bits per heavy atom. The Morgan fingerprint density at radius 1 is 1.22 bits per heavy atom. The highest BCUT2D eigenvalue weighted by Crippen LogP contribution is 2.40. The lowest BCUT2D eigenvalue weighted by atomic mass is 9.79. The van der Waals surface area contributed by atoms with Crippen LogP contribution in [0.15, 0.2) is 30.6 Å². The topological polar surface area (TPSA) is 33.2 Å². The minimum atomic E-state index is -4.59. The second-order valence-electron chi connectivity index (χ2n) is 7.03. The van der Waals surface area contributed by atoms with Crippen LogP contribution in [0.2, 0.25) is 0 Å². The van der Waals surface area contributed by atoms with Gasteiger partial charge in [0.05, 0.1) is 5.56 Å². The van der Waals surface area contributed by atoms with Crippen molar-refractivity contribution in [1.29, 1.82) is 0 Å². The van der Waals surface area contributed by atoms with Crippen molar-refractivity contribution in [2.75, 3.05) is 14.1 Å². The SMILES string of the molecule is CN(C)C(=O)C[C@H]1CCCc2c(-c3ccc(C(F)(F)F)cc3F)cncc21. The number of hydrogen-bond donors (Lipinski definition) is 0. The smallest absolute Gasteiger partial charge is 0.349 e. The van der Waals surface area contributed by atoms with E-state index >= 15 is 0 Å². The Hall–Kier alpha value is -2.44. The van der Waals surface area contributed by atoms with E-state index < -0.39 is 17.6 Å². The van der Waals surface area contributed by atoms with E-state index in [0.717, 1.165) is 36.1 Å². The quantitative estimate of drug-likeness (QED) is 0.717. The van der Waals surface area contributed by atoms with Crippen LogP contribution >= 0.6 is 0 Å². The number of amides is 1. The second-order valence-corrected chi connectivity index (χ2v) is 7.03. The molecule has 0 saturated carbocycles. The van der Waals surface area contributed by atoms with Gasteiger partial charge in [-0.2, -0.15) is 13.2 Å². The lowest BCUT2D eigenvalue weighted by Gasteiger charge is -2.27. The molecule has 3 rings (SSSR count). The van der Waals surface area contributed by atoms with Crippen LogP contribution < -0.4 is 0 Å². The molecule has 0 radical (unpaired) electrons. The summed E-state index contributed by atoms with van der Waals surface area (Å²) < 4.78 is 52.9. The summed E-state index contributed by atoms with van der Waals surface area (Å²) in [6.45, 7) is 0. The van der Waals surface area contributed by atoms with Gasteiger partial charge in [0.25, 0.3) is 0 Å². The Balaban J connectivity index is 2.01. The average molecular weight is 380 g/mol. The van der Waals surface area contributed by atoms with E-state index in [1.807, 2.05) is 0 Å². The fourth-order valence-electron chi connectivity index (χ4n) is 3.56. The highest BCUT2D eigenvalue weighted by atomic mass is 19.4. The number of aromatic nitrogens is 1. The monoisotopic (exact) mass is 380 g/mol. The first-order valence-electron chi connectivity index (χ1n) is 8.72. The van der Waals surface area contributed by atoms with E-state index in [1.165, 1.54) is 11.1 Å². The summed E-state index contributed by atoms with van der Waals surface area (Å²) in [5.74, 6) is -0.945. The number of hydrogen-bond acceptors (Lipinski definition) is 2. The van der Waals surface area contributed by atoms with E-state index in [-0.39, 0.29) is 17.4 Å². The number of rotatable bonds is 3. The summed E-state index contributed by atoms with van der Waals surface area (Å²) in [4.78, 5) is 17.8. The lowest BCUT2D eigenvalue weighted by Crippen LogP contribution is -2.25. The normalized spacial score (nSPS) is 16.7. The van der Waals surface area contributed by atoms with Gasteiger partial charge in [-0.05, 0) is 48.4 Å². The molecule has 1 heterocycles. The maximum absolute atomic E-state index is 14.5. The number of nitrogens with zero attached hydrogens (tertiary/aromatic N) is 2. The van der Waals surface area contributed by atoms with Gasteiger partial charge >= 0.3 is 6.18 Å². The van der Waals surface area contributed by atoms with E-state index in [2.05, 4.69) is 4.98 Å². The Morgan fingerprint density at radius 2 is 1.96 bits per heavy atom. The summed E-state index contributed by atoms with van der Waals surface area (Å²) in [5.41, 5.74) is 1.34. The molecule has 0 spiro atoms. The first kappa shape index (κ1) is 19.3. The van der Waals surface area contributed by atoms with E-state index in [9.17, 15) is 22.4 Å². The molecule has 1 aliphatic carbocycles. The van der Waals surface area contributed by atoms with Gasteiger partial charge in [0.2, 0.25) is 5.91 Å². The third-order valence-electron chi connectivity index (χ3n) is 5.02. The molecule has 144 valence electrons. The van der Waals surface area contributed by atoms with Crippen LogP contribution in [0.3, 0.4) is 0 Å². The number of fused-ring (bicyclic) bond motifs is 1. The maximum Gasteiger partial charge on any atom is 0.416 e. The number of alkyl halides is 3. The van der Waals surface area contributed by atoms with Crippen LogP contribution in [-0.2, 0) is 17.4 Å². The minimum Gasteiger partial charge on any atom is -0.349 e. The molecule has 0 saturated heterocycles. The standard InChI is InChI=1S/C20H20F4N2O/c1-26(2)19(27)8-12-4-3-5-14-16(12)10-25-11-17(14)15-7-6-13(9-18(15)21)20(22,23)24/h6-7,9-12H,3-5,8H2,1-2H3/t12-/m1/s1. The third-order valence-corrected chi connectivity index (χ3v) is 5.02. The van der Waals surface area contributed by atoms with Crippen LogP contribution in [0.25, 0.3) is 11.1 Å². The Kier molecular flexibility index (Phi) is 5.22. The van der Waals surface area contributed by atoms with Gasteiger partial charge in [-0.15, -0.1) is 0 Å². The van der Waals surface area contributed by atoms with E-state index in [1.54, 1.807) is 20.3 Å². The molecule has 0 aliphatic heterocycles. The lowest BCUT2D eigenvalue weighted by molar-refractivity contribution is -0.137. The summed E-state index contributed by atoms with van der Waals surface area (Å²) in [6.07, 6.45) is 1.26. The average Bonchev–Trinajstić information content (AvgIpc) is 2.60. The fraction of sp³-hybridized carbons (Fsp3) is 0.400. The molecule has 1 aromatic carbocycles. The largest absolute Gasteiger partial charge is 0.416 e. The maximum atomic E-state index is 14.5. The molecule has 0 bridgehead atoms. The van der Waals surface area contributed by atoms with Crippen molar-refractivity contribution >= 4 is 5.91 Å². The van der Waals surface area contributed by atoms with Crippen molar-refractivity contribution in [1.82, 2.24) is 9.88 Å². The van der Waals surface area contributed by atoms with Crippen LogP contribution in [0.5, 0.6) is 0 Å². The predicted octanol–water partition coefficient (Wildman–Crippen LogP) is 4.80. The van der Waals surface area contributed by atoms with Crippen LogP contribution in [-0.4, -0.2) is 29.9 Å². The zero-order valence-corrected chi connectivity index (χ0v) is 15.1. The number of halogens is 4. The first-order valence-corrected chi connectivity index (χ1v) is 8.72. The number of benzene rings is 1. The summed E-state index contributed by atoms with van der Waals surface area (Å²) in [5, 5.41) is 0. The van der Waals surface area contributed by atoms with Gasteiger partial charge in [0, 0.05) is 44.0 Å². The summed E-state index contributed by atoms with van der Waals surface area (Å²) >= 11 is 0. The molecule has 1 aliphatic rings. The van der Waals surface area contributed by atoms with Crippen molar-refractivity contribution in [3.8, 4) is 11.1 Å². The summed E-state index contributed by atoms with van der Waals surface area (Å²) in [6, 6.07) is 2.56. The molecular weight excluding hydrogens is 360 g/mol. The zero-order chi connectivity index (χ0) is 19.8. The molecule has 0 fully saturated rings. The van der Waals surface area contributed by atoms with Gasteiger partial charge < -0.3 is 4.90 Å². The third kappa shape index (κ3) is 3.96. The highest BCUT2D eigenvalue weighted by Gasteiger charge is 2.32. The molecule has 1 amide bonds. The van der Waals surface area contributed by atoms with Gasteiger partial charge in [-0.1, -0.05) is 6.07 Å². The van der Waals surface area contributed by atoms with Gasteiger partial charge in [0.15, 0.2) is 0 Å². The molecule has 1 atom stereocenters. The number of pyridine rings is 1. The van der Waals surface area contributed by atoms with E-state index in [0.29, 0.717) is 24.5 Å². The van der Waals surface area contributed by atoms with Crippen molar-refractivity contribution in [2.24, 2.45) is 0 Å². The van der Waals surface area contributed by atoms with Gasteiger partial charge in [0.1, 0.15) is 5.82 Å². The zero-order valence-electron chi connectivity index (χ0n) is 15.1. The van der Waals surface area contributed by atoms with Gasteiger partial charge in [-0.25, -0.2) is 4.39 Å². The highest BCUT2D eigenvalue weighted by molar-refractivity contribution is 5.77. The fourth-order valence-corrected chi connectivity index (χ4v) is 3.56. The second kappa shape index (κ2) is 7.29. The molecular formula is C20H20F4N2O. The molecule has 0 N–H and O–H groups in total. The molecule has 3 nitrogen and oxygen atoms in total. The van der Waals surface area contributed by atoms with Crippen molar-refractivity contribution < 1.29 is 22.4 Å². The molecule has 7 heteroatoms. The molecule has 1 aromatic heterocycles. The summed E-state index contributed by atoms with van der Waals surface area (Å²) in [7, 11) is 3.39. The van der Waals surface area contributed by atoms with Crippen molar-refractivity contribution in [3.05, 3.63) is 53.1 Å². The molecule has 2 aromatic rings. The minimum absolute atomic E-state index is 0.000960. The van der Waals surface area contributed by atoms with E-state index in [4.69, 9.17) is 0 Å². The van der Waals surface area contributed by atoms with Crippen LogP contribution in [0.4, 0.5) is 17.6 Å². The Bertz CT molecular complexity index is 862. The molecule has 0 unspecified atom stereocenters. The number of carbonyl (C=O) groups is 1. The van der Waals surface area contributed by atoms with Crippen LogP contribution in [0.1, 0.15) is 41.9 Å². The first-order chi connectivity index (χ1) is 12.7. The van der Waals surface area contributed by atoms with Crippen molar-refractivity contribution in [3.63, 3.8) is 0 Å². The van der Waals surface area contributed by atoms with Crippen LogP contribution in [0, 0.1) is 5.82 Å². The van der Waals surface area contributed by atoms with Gasteiger partial charge in [-0.3, -0.25) is 9.78 Å². The molecule has 27 heavy (non-hydrogen) atoms. The Labute approximate surface area is 155 Å². The predicted molar refractivity (Wildman–Crippen MR) is 93.6 cm³/mol.